The number of H-pyrrole nitrogens is 2. The van der Waals surface area contributed by atoms with Crippen molar-refractivity contribution in [2.75, 3.05) is 0 Å². The highest BCUT2D eigenvalue weighted by Crippen LogP contribution is 2.11. The molecule has 2 aromatic heterocycles. The Morgan fingerprint density at radius 2 is 1.50 bits per heavy atom. The Bertz CT molecular complexity index is 1510. The third kappa shape index (κ3) is 5.81. The van der Waals surface area contributed by atoms with Gasteiger partial charge in [0.2, 0.25) is 0 Å². The Morgan fingerprint density at radius 3 is 2.12 bits per heavy atom. The van der Waals surface area contributed by atoms with Crippen molar-refractivity contribution in [3.05, 3.63) is 127 Å². The van der Waals surface area contributed by atoms with Crippen LogP contribution in [0.3, 0.4) is 0 Å². The van der Waals surface area contributed by atoms with Crippen LogP contribution in [0.1, 0.15) is 16.8 Å². The smallest absolute Gasteiger partial charge is 0.328 e. The van der Waals surface area contributed by atoms with Gasteiger partial charge in [0.15, 0.2) is 0 Å². The quantitative estimate of drug-likeness (QED) is 0.366. The van der Waals surface area contributed by atoms with Crippen molar-refractivity contribution in [1.29, 1.82) is 0 Å². The normalized spacial score (nSPS) is 13.0. The second kappa shape index (κ2) is 10.4. The van der Waals surface area contributed by atoms with Crippen LogP contribution in [0.15, 0.2) is 88.6 Å². The maximum absolute atomic E-state index is 12.4. The van der Waals surface area contributed by atoms with Gasteiger partial charge in [0, 0.05) is 0 Å². The molecule has 0 spiro atoms. The van der Waals surface area contributed by atoms with Crippen molar-refractivity contribution in [3.8, 4) is 5.75 Å². The summed E-state index contributed by atoms with van der Waals surface area (Å²) in [7, 11) is 0. The second-order valence-electron chi connectivity index (χ2n) is 7.57. The minimum atomic E-state index is -0.816. The van der Waals surface area contributed by atoms with Crippen molar-refractivity contribution in [1.82, 2.24) is 15.0 Å². The third-order valence-electron chi connectivity index (χ3n) is 4.97. The molecule has 170 valence electrons. The van der Waals surface area contributed by atoms with Crippen molar-refractivity contribution in [2.45, 2.75) is 12.5 Å². The van der Waals surface area contributed by atoms with Gasteiger partial charge in [-0.25, -0.2) is 4.79 Å². The number of carbonyl (C=O) groups is 1. The molecule has 0 saturated carbocycles. The Hall–Kier alpha value is -4.56. The zero-order chi connectivity index (χ0) is 23.9. The minimum Gasteiger partial charge on any atom is -0.424 e. The first-order valence-corrected chi connectivity index (χ1v) is 10.6. The molecule has 1 atom stereocenters. The van der Waals surface area contributed by atoms with Gasteiger partial charge in [-0.3, -0.25) is 14.6 Å². The number of aromatic amines is 2. The largest absolute Gasteiger partial charge is 0.424 e. The Balaban J connectivity index is 1.49. The lowest BCUT2D eigenvalue weighted by Gasteiger charge is -2.11. The van der Waals surface area contributed by atoms with Crippen LogP contribution in [0.5, 0.6) is 5.75 Å². The third-order valence-corrected chi connectivity index (χ3v) is 4.97. The summed E-state index contributed by atoms with van der Waals surface area (Å²) in [6.07, 6.45) is 4.72. The highest BCUT2D eigenvalue weighted by Gasteiger charge is 2.16. The van der Waals surface area contributed by atoms with Crippen LogP contribution in [0.2, 0.25) is 0 Å². The number of benzene rings is 2. The van der Waals surface area contributed by atoms with E-state index in [1.54, 1.807) is 12.1 Å². The average molecular weight is 454 g/mol. The molecule has 0 aliphatic carbocycles. The van der Waals surface area contributed by atoms with Crippen LogP contribution in [0.25, 0.3) is 12.2 Å². The lowest BCUT2D eigenvalue weighted by atomic mass is 10.1. The summed E-state index contributed by atoms with van der Waals surface area (Å²) in [6, 6.07) is 20.9. The number of pyridine rings is 1. The summed E-state index contributed by atoms with van der Waals surface area (Å²) in [5.74, 6) is -0.353. The van der Waals surface area contributed by atoms with E-state index in [0.717, 1.165) is 11.1 Å². The molecule has 0 amide bonds. The molecule has 0 aliphatic rings. The van der Waals surface area contributed by atoms with E-state index in [0.29, 0.717) is 12.1 Å². The Morgan fingerprint density at radius 1 is 0.882 bits per heavy atom. The average Bonchev–Trinajstić information content (AvgIpc) is 2.84. The number of hydrogen-bond acceptors (Lipinski definition) is 6. The standard InChI is InChI=1S/C26H22N4O4/c27-21(13-17-7-3-1-4-8-17)26(33)34-20-12-11-19(28-16-20)15-23-25(32)29-22(24(31)30-23)14-18-9-5-2-6-10-18/h1-12,14-16,21H,13,27H2,(H,29,32)(H,30,31). The molecule has 4 rings (SSSR count). The van der Waals surface area contributed by atoms with Crippen molar-refractivity contribution in [2.24, 2.45) is 5.73 Å². The van der Waals surface area contributed by atoms with E-state index in [1.165, 1.54) is 18.3 Å². The van der Waals surface area contributed by atoms with Gasteiger partial charge in [-0.2, -0.15) is 0 Å². The predicted octanol–water partition coefficient (Wildman–Crippen LogP) is 0.591. The molecule has 8 nitrogen and oxygen atoms in total. The molecule has 0 aliphatic heterocycles. The topological polar surface area (TPSA) is 131 Å². The molecular formula is C26H22N4O4. The van der Waals surface area contributed by atoms with Crippen molar-refractivity contribution >= 4 is 18.1 Å². The number of esters is 1. The highest BCUT2D eigenvalue weighted by molar-refractivity contribution is 5.78. The van der Waals surface area contributed by atoms with Crippen molar-refractivity contribution < 1.29 is 9.53 Å². The number of nitrogens with two attached hydrogens (primary N) is 1. The lowest BCUT2D eigenvalue weighted by Crippen LogP contribution is -2.46. The first-order valence-electron chi connectivity index (χ1n) is 10.6. The van der Waals surface area contributed by atoms with Gasteiger partial charge >= 0.3 is 5.97 Å². The molecule has 34 heavy (non-hydrogen) atoms. The van der Waals surface area contributed by atoms with E-state index in [2.05, 4.69) is 15.0 Å². The van der Waals surface area contributed by atoms with Gasteiger partial charge in [0.1, 0.15) is 22.5 Å². The van der Waals surface area contributed by atoms with E-state index in [9.17, 15) is 14.4 Å². The van der Waals surface area contributed by atoms with E-state index in [1.807, 2.05) is 60.7 Å². The van der Waals surface area contributed by atoms with Gasteiger partial charge in [-0.15, -0.1) is 0 Å². The number of hydrogen-bond donors (Lipinski definition) is 3. The van der Waals surface area contributed by atoms with Crippen LogP contribution in [0.4, 0.5) is 0 Å². The number of carbonyl (C=O) groups excluding carboxylic acids is 1. The molecule has 2 heterocycles. The molecule has 0 saturated heterocycles. The van der Waals surface area contributed by atoms with E-state index in [-0.39, 0.29) is 16.4 Å². The molecule has 8 heteroatoms. The number of nitrogens with zero attached hydrogens (tertiary/aromatic N) is 1. The summed E-state index contributed by atoms with van der Waals surface area (Å²) < 4.78 is 5.30. The van der Waals surface area contributed by atoms with Gasteiger partial charge in [0.05, 0.1) is 11.9 Å². The van der Waals surface area contributed by atoms with Crippen LogP contribution in [-0.4, -0.2) is 27.0 Å². The summed E-state index contributed by atoms with van der Waals surface area (Å²) in [4.78, 5) is 46.4. The van der Waals surface area contributed by atoms with Gasteiger partial charge in [-0.1, -0.05) is 60.7 Å². The first kappa shape index (κ1) is 22.6. The molecule has 0 fully saturated rings. The number of ether oxygens (including phenoxy) is 1. The molecule has 0 radical (unpaired) electrons. The molecule has 4 N–H and O–H groups in total. The fourth-order valence-electron chi connectivity index (χ4n) is 3.24. The Kier molecular flexibility index (Phi) is 6.90. The Labute approximate surface area is 194 Å². The summed E-state index contributed by atoms with van der Waals surface area (Å²) in [6.45, 7) is 0. The monoisotopic (exact) mass is 454 g/mol. The van der Waals surface area contributed by atoms with Gasteiger partial charge in [0.25, 0.3) is 11.1 Å². The van der Waals surface area contributed by atoms with E-state index in [4.69, 9.17) is 10.5 Å². The summed E-state index contributed by atoms with van der Waals surface area (Å²) in [5.41, 5.74) is 7.16. The summed E-state index contributed by atoms with van der Waals surface area (Å²) in [5, 5.41) is 0.202. The second-order valence-corrected chi connectivity index (χ2v) is 7.57. The number of rotatable bonds is 6. The SMILES string of the molecule is NC(Cc1ccccc1)C(=O)Oc1ccc(C=c2[nH]c(=O)c(=Cc3ccccc3)[nH]c2=O)nc1. The van der Waals surface area contributed by atoms with E-state index >= 15 is 0 Å². The predicted molar refractivity (Wildman–Crippen MR) is 129 cm³/mol. The maximum atomic E-state index is 12.4. The fraction of sp³-hybridized carbons (Fsp3) is 0.0769. The lowest BCUT2D eigenvalue weighted by molar-refractivity contribution is -0.135. The highest BCUT2D eigenvalue weighted by atomic mass is 16.5. The van der Waals surface area contributed by atoms with Crippen molar-refractivity contribution in [3.63, 3.8) is 0 Å². The summed E-state index contributed by atoms with van der Waals surface area (Å²) >= 11 is 0. The van der Waals surface area contributed by atoms with Gasteiger partial charge < -0.3 is 20.4 Å². The molecule has 1 unspecified atom stereocenters. The maximum Gasteiger partial charge on any atom is 0.328 e. The molecule has 4 aromatic rings. The molecule has 0 bridgehead atoms. The van der Waals surface area contributed by atoms with E-state index < -0.39 is 23.1 Å². The fourth-order valence-corrected chi connectivity index (χ4v) is 3.24. The van der Waals surface area contributed by atoms with Crippen LogP contribution >= 0.6 is 0 Å². The molecular weight excluding hydrogens is 432 g/mol. The minimum absolute atomic E-state index is 0.0531. The van der Waals surface area contributed by atoms with Crippen LogP contribution < -0.4 is 32.3 Å². The zero-order valence-corrected chi connectivity index (χ0v) is 18.1. The first-order chi connectivity index (χ1) is 16.5. The number of nitrogens with one attached hydrogen (secondary N) is 2. The molecule has 2 aromatic carbocycles. The van der Waals surface area contributed by atoms with Gasteiger partial charge in [-0.05, 0) is 41.8 Å². The van der Waals surface area contributed by atoms with Crippen LogP contribution in [0, 0.1) is 0 Å². The number of aromatic nitrogens is 3. The van der Waals surface area contributed by atoms with Crippen LogP contribution in [-0.2, 0) is 11.2 Å². The zero-order valence-electron chi connectivity index (χ0n) is 18.1.